The molecule has 1 rings (SSSR count). The number of nitro benzene ring substituents is 1. The van der Waals surface area contributed by atoms with Crippen LogP contribution in [0.3, 0.4) is 0 Å². The Labute approximate surface area is 127 Å². The summed E-state index contributed by atoms with van der Waals surface area (Å²) >= 11 is -0.560. The van der Waals surface area contributed by atoms with E-state index in [2.05, 4.69) is 4.74 Å². The number of halogens is 3. The number of nitrogens with zero attached hydrogens (tertiary/aromatic N) is 2. The van der Waals surface area contributed by atoms with Crippen molar-refractivity contribution in [2.45, 2.75) is 23.7 Å². The van der Waals surface area contributed by atoms with Crippen molar-refractivity contribution in [1.82, 2.24) is 0 Å². The van der Waals surface area contributed by atoms with E-state index in [1.165, 1.54) is 6.92 Å². The molecule has 0 saturated heterocycles. The maximum Gasteiger partial charge on any atom is 0.446 e. The van der Waals surface area contributed by atoms with Gasteiger partial charge in [-0.3, -0.25) is 14.9 Å². The standard InChI is InChI=1S/C12H9F3N2O4S/c1-2-21-11(18)4-7-3-8(22-12(13,14)15)5-10(17(19)20)9(7)6-16/h3,5H,2,4H2,1H3. The third-order valence-corrected chi connectivity index (χ3v) is 3.06. The Morgan fingerprint density at radius 2 is 2.14 bits per heavy atom. The molecule has 0 saturated carbocycles. The van der Waals surface area contributed by atoms with Crippen molar-refractivity contribution >= 4 is 23.4 Å². The van der Waals surface area contributed by atoms with Crippen LogP contribution in [0, 0.1) is 21.4 Å². The number of rotatable bonds is 5. The summed E-state index contributed by atoms with van der Waals surface area (Å²) < 4.78 is 41.9. The molecule has 0 spiro atoms. The summed E-state index contributed by atoms with van der Waals surface area (Å²) in [4.78, 5) is 20.9. The van der Waals surface area contributed by atoms with Crippen LogP contribution in [0.2, 0.25) is 0 Å². The zero-order valence-electron chi connectivity index (χ0n) is 11.1. The van der Waals surface area contributed by atoms with Crippen LogP contribution in [-0.4, -0.2) is 23.0 Å². The van der Waals surface area contributed by atoms with E-state index in [-0.39, 0.29) is 12.2 Å². The summed E-state index contributed by atoms with van der Waals surface area (Å²) in [5.74, 6) is -0.789. The predicted octanol–water partition coefficient (Wildman–Crippen LogP) is 3.18. The maximum atomic E-state index is 12.4. The Balaban J connectivity index is 3.35. The van der Waals surface area contributed by atoms with Crippen molar-refractivity contribution in [2.24, 2.45) is 0 Å². The van der Waals surface area contributed by atoms with Crippen molar-refractivity contribution < 1.29 is 27.6 Å². The molecule has 0 atom stereocenters. The van der Waals surface area contributed by atoms with E-state index >= 15 is 0 Å². The Morgan fingerprint density at radius 3 is 2.59 bits per heavy atom. The number of nitro groups is 1. The van der Waals surface area contributed by atoms with Crippen LogP contribution in [0.1, 0.15) is 18.1 Å². The molecule has 0 fully saturated rings. The topological polar surface area (TPSA) is 93.2 Å². The average molecular weight is 334 g/mol. The molecule has 0 unspecified atom stereocenters. The van der Waals surface area contributed by atoms with Crippen LogP contribution in [0.15, 0.2) is 17.0 Å². The molecular formula is C12H9F3N2O4S. The highest BCUT2D eigenvalue weighted by atomic mass is 32.2. The van der Waals surface area contributed by atoms with Crippen LogP contribution in [0.4, 0.5) is 18.9 Å². The minimum atomic E-state index is -4.65. The van der Waals surface area contributed by atoms with Crippen LogP contribution in [0.5, 0.6) is 0 Å². The molecule has 0 aliphatic carbocycles. The fraction of sp³-hybridized carbons (Fsp3) is 0.333. The minimum Gasteiger partial charge on any atom is -0.466 e. The van der Waals surface area contributed by atoms with Gasteiger partial charge in [-0.05, 0) is 30.3 Å². The molecule has 0 radical (unpaired) electrons. The molecule has 22 heavy (non-hydrogen) atoms. The fourth-order valence-electron chi connectivity index (χ4n) is 1.63. The lowest BCUT2D eigenvalue weighted by atomic mass is 10.0. The molecule has 10 heteroatoms. The third-order valence-electron chi connectivity index (χ3n) is 2.35. The van der Waals surface area contributed by atoms with Gasteiger partial charge in [0, 0.05) is 11.0 Å². The molecule has 0 heterocycles. The van der Waals surface area contributed by atoms with E-state index in [0.717, 1.165) is 6.07 Å². The summed E-state index contributed by atoms with van der Waals surface area (Å²) in [7, 11) is 0. The smallest absolute Gasteiger partial charge is 0.446 e. The Morgan fingerprint density at radius 1 is 1.50 bits per heavy atom. The zero-order chi connectivity index (χ0) is 16.9. The number of alkyl halides is 3. The van der Waals surface area contributed by atoms with Crippen LogP contribution in [-0.2, 0) is 16.0 Å². The van der Waals surface area contributed by atoms with Crippen LogP contribution < -0.4 is 0 Å². The lowest BCUT2D eigenvalue weighted by Gasteiger charge is -2.09. The van der Waals surface area contributed by atoms with Gasteiger partial charge in [-0.2, -0.15) is 18.4 Å². The number of thioether (sulfide) groups is 1. The van der Waals surface area contributed by atoms with Crippen LogP contribution >= 0.6 is 11.8 Å². The van der Waals surface area contributed by atoms with Gasteiger partial charge in [0.15, 0.2) is 0 Å². The molecule has 0 aromatic heterocycles. The van der Waals surface area contributed by atoms with Crippen molar-refractivity contribution in [1.29, 1.82) is 5.26 Å². The molecule has 0 aliphatic rings. The molecule has 0 bridgehead atoms. The number of benzene rings is 1. The molecular weight excluding hydrogens is 325 g/mol. The molecule has 1 aromatic carbocycles. The molecule has 0 aliphatic heterocycles. The second kappa shape index (κ2) is 7.13. The number of nitriles is 1. The van der Waals surface area contributed by atoms with E-state index in [0.29, 0.717) is 6.07 Å². The highest BCUT2D eigenvalue weighted by Crippen LogP contribution is 2.39. The number of hydrogen-bond acceptors (Lipinski definition) is 6. The zero-order valence-corrected chi connectivity index (χ0v) is 12.0. The molecule has 6 nitrogen and oxygen atoms in total. The van der Waals surface area contributed by atoms with Crippen molar-refractivity contribution in [3.05, 3.63) is 33.4 Å². The number of carbonyl (C=O) groups excluding carboxylic acids is 1. The second-order valence-electron chi connectivity index (χ2n) is 3.88. The van der Waals surface area contributed by atoms with E-state index < -0.39 is 50.7 Å². The van der Waals surface area contributed by atoms with E-state index in [9.17, 15) is 28.1 Å². The predicted molar refractivity (Wildman–Crippen MR) is 70.1 cm³/mol. The van der Waals surface area contributed by atoms with Gasteiger partial charge >= 0.3 is 11.5 Å². The molecule has 0 amide bonds. The van der Waals surface area contributed by atoms with Crippen molar-refractivity contribution in [3.8, 4) is 6.07 Å². The lowest BCUT2D eigenvalue weighted by molar-refractivity contribution is -0.385. The quantitative estimate of drug-likeness (QED) is 0.355. The van der Waals surface area contributed by atoms with Crippen LogP contribution in [0.25, 0.3) is 0 Å². The van der Waals surface area contributed by atoms with Gasteiger partial charge in [0.2, 0.25) is 0 Å². The summed E-state index contributed by atoms with van der Waals surface area (Å²) in [6.45, 7) is 1.57. The number of ether oxygens (including phenoxy) is 1. The fourth-order valence-corrected chi connectivity index (χ4v) is 2.27. The largest absolute Gasteiger partial charge is 0.466 e. The number of esters is 1. The molecule has 118 valence electrons. The van der Waals surface area contributed by atoms with Gasteiger partial charge in [-0.15, -0.1) is 0 Å². The first-order valence-electron chi connectivity index (χ1n) is 5.80. The van der Waals surface area contributed by atoms with Crippen molar-refractivity contribution in [3.63, 3.8) is 0 Å². The van der Waals surface area contributed by atoms with E-state index in [1.807, 2.05) is 0 Å². The van der Waals surface area contributed by atoms with Gasteiger partial charge in [0.05, 0.1) is 18.0 Å². The first-order valence-corrected chi connectivity index (χ1v) is 6.62. The first kappa shape index (κ1) is 17.8. The van der Waals surface area contributed by atoms with Gasteiger partial charge in [0.25, 0.3) is 5.69 Å². The Kier molecular flexibility index (Phi) is 5.76. The average Bonchev–Trinajstić information content (AvgIpc) is 2.36. The normalized spacial score (nSPS) is 10.9. The van der Waals surface area contributed by atoms with Gasteiger partial charge in [0.1, 0.15) is 11.6 Å². The number of hydrogen-bond donors (Lipinski definition) is 0. The summed E-state index contributed by atoms with van der Waals surface area (Å²) in [5.41, 5.74) is -6.06. The number of carbonyl (C=O) groups is 1. The summed E-state index contributed by atoms with van der Waals surface area (Å²) in [6.07, 6.45) is -0.524. The highest BCUT2D eigenvalue weighted by molar-refractivity contribution is 8.00. The maximum absolute atomic E-state index is 12.4. The summed E-state index contributed by atoms with van der Waals surface area (Å²) in [6, 6.07) is 3.13. The Hall–Kier alpha value is -2.28. The minimum absolute atomic E-state index is 0.0415. The summed E-state index contributed by atoms with van der Waals surface area (Å²) in [5, 5.41) is 19.9. The second-order valence-corrected chi connectivity index (χ2v) is 5.01. The van der Waals surface area contributed by atoms with E-state index in [1.54, 1.807) is 6.07 Å². The van der Waals surface area contributed by atoms with Gasteiger partial charge in [-0.25, -0.2) is 0 Å². The lowest BCUT2D eigenvalue weighted by Crippen LogP contribution is -2.10. The first-order chi connectivity index (χ1) is 10.2. The monoisotopic (exact) mass is 334 g/mol. The van der Waals surface area contributed by atoms with Gasteiger partial charge in [-0.1, -0.05) is 0 Å². The van der Waals surface area contributed by atoms with Crippen molar-refractivity contribution in [2.75, 3.05) is 6.61 Å². The highest BCUT2D eigenvalue weighted by Gasteiger charge is 2.31. The molecule has 1 aromatic rings. The third kappa shape index (κ3) is 4.92. The molecule has 0 N–H and O–H groups in total. The van der Waals surface area contributed by atoms with Gasteiger partial charge < -0.3 is 4.74 Å². The Bertz CT molecular complexity index is 640. The SMILES string of the molecule is CCOC(=O)Cc1cc(SC(F)(F)F)cc([N+](=O)[O-])c1C#N. The van der Waals surface area contributed by atoms with E-state index in [4.69, 9.17) is 5.26 Å².